The highest BCUT2D eigenvalue weighted by molar-refractivity contribution is 5.78. The lowest BCUT2D eigenvalue weighted by Crippen LogP contribution is -2.14. The SMILES string of the molecule is C=CC(OC(=O)C1C(C=C(F)F)C1(C)C)c1cccc(Cc2ccccc2)c1. The molecule has 0 aliphatic heterocycles. The second kappa shape index (κ2) is 8.09. The topological polar surface area (TPSA) is 26.3 Å². The second-order valence-corrected chi connectivity index (χ2v) is 7.78. The van der Waals surface area contributed by atoms with Crippen molar-refractivity contribution in [2.45, 2.75) is 26.4 Å². The summed E-state index contributed by atoms with van der Waals surface area (Å²) in [6.45, 7) is 7.37. The number of ether oxygens (including phenoxy) is 1. The Hall–Kier alpha value is -2.75. The van der Waals surface area contributed by atoms with Crippen molar-refractivity contribution >= 4 is 5.97 Å². The number of hydrogen-bond donors (Lipinski definition) is 0. The van der Waals surface area contributed by atoms with Gasteiger partial charge in [-0.3, -0.25) is 4.79 Å². The minimum atomic E-state index is -1.76. The van der Waals surface area contributed by atoms with Crippen LogP contribution in [-0.4, -0.2) is 5.97 Å². The minimum absolute atomic E-state index is 0.467. The third-order valence-corrected chi connectivity index (χ3v) is 5.46. The summed E-state index contributed by atoms with van der Waals surface area (Å²) in [5, 5.41) is 0. The van der Waals surface area contributed by atoms with Gasteiger partial charge in [-0.05, 0) is 40.7 Å². The molecule has 0 amide bonds. The number of benzene rings is 2. The molecule has 4 heteroatoms. The summed E-state index contributed by atoms with van der Waals surface area (Å²) in [5.41, 5.74) is 2.58. The molecule has 1 aliphatic carbocycles. The molecule has 2 aromatic carbocycles. The zero-order chi connectivity index (χ0) is 20.3. The average Bonchev–Trinajstić information content (AvgIpc) is 3.20. The van der Waals surface area contributed by atoms with E-state index >= 15 is 0 Å². The smallest absolute Gasteiger partial charge is 0.311 e. The Balaban J connectivity index is 1.72. The van der Waals surface area contributed by atoms with E-state index in [0.717, 1.165) is 23.6 Å². The molecule has 0 radical (unpaired) electrons. The van der Waals surface area contributed by atoms with Crippen LogP contribution in [0.1, 0.15) is 36.6 Å². The molecule has 0 N–H and O–H groups in total. The molecular weight excluding hydrogens is 358 g/mol. The maximum Gasteiger partial charge on any atom is 0.311 e. The Labute approximate surface area is 164 Å². The van der Waals surface area contributed by atoms with Gasteiger partial charge in [-0.1, -0.05) is 75.0 Å². The number of allylic oxidation sites excluding steroid dienone is 1. The molecule has 0 heterocycles. The molecule has 3 unspecified atom stereocenters. The van der Waals surface area contributed by atoms with Gasteiger partial charge in [-0.25, -0.2) is 0 Å². The molecule has 146 valence electrons. The second-order valence-electron chi connectivity index (χ2n) is 7.78. The molecule has 3 atom stereocenters. The van der Waals surface area contributed by atoms with Crippen molar-refractivity contribution in [3.8, 4) is 0 Å². The lowest BCUT2D eigenvalue weighted by Gasteiger charge is -2.16. The van der Waals surface area contributed by atoms with Crippen LogP contribution in [-0.2, 0) is 16.0 Å². The van der Waals surface area contributed by atoms with Gasteiger partial charge in [0.25, 0.3) is 6.08 Å². The maximum atomic E-state index is 12.6. The van der Waals surface area contributed by atoms with Gasteiger partial charge in [0.15, 0.2) is 0 Å². The first kappa shape index (κ1) is 20.0. The van der Waals surface area contributed by atoms with Crippen LogP contribution in [0.5, 0.6) is 0 Å². The Kier molecular flexibility index (Phi) is 5.78. The first-order valence-corrected chi connectivity index (χ1v) is 9.31. The normalized spacial score (nSPS) is 20.7. The van der Waals surface area contributed by atoms with Crippen LogP contribution >= 0.6 is 0 Å². The molecule has 0 saturated heterocycles. The lowest BCUT2D eigenvalue weighted by molar-refractivity contribution is -0.149. The summed E-state index contributed by atoms with van der Waals surface area (Å²) in [6, 6.07) is 17.9. The van der Waals surface area contributed by atoms with E-state index in [9.17, 15) is 13.6 Å². The van der Waals surface area contributed by atoms with Crippen molar-refractivity contribution in [2.24, 2.45) is 17.3 Å². The molecule has 0 bridgehead atoms. The van der Waals surface area contributed by atoms with E-state index in [4.69, 9.17) is 4.74 Å². The molecule has 1 aliphatic rings. The fourth-order valence-corrected chi connectivity index (χ4v) is 3.74. The van der Waals surface area contributed by atoms with Crippen molar-refractivity contribution in [2.75, 3.05) is 0 Å². The standard InChI is InChI=1S/C24H24F2O2/c1-4-20(28-23(27)22-19(15-21(25)26)24(22,2)3)18-12-8-11-17(14-18)13-16-9-6-5-7-10-16/h4-12,14-15,19-20,22H,1,13H2,2-3H3. The zero-order valence-corrected chi connectivity index (χ0v) is 16.1. The zero-order valence-electron chi connectivity index (χ0n) is 16.1. The van der Waals surface area contributed by atoms with Crippen molar-refractivity contribution in [1.29, 1.82) is 0 Å². The summed E-state index contributed by atoms with van der Waals surface area (Å²) < 4.78 is 30.9. The van der Waals surface area contributed by atoms with Gasteiger partial charge in [0.2, 0.25) is 0 Å². The quantitative estimate of drug-likeness (QED) is 0.427. The Morgan fingerprint density at radius 3 is 2.46 bits per heavy atom. The van der Waals surface area contributed by atoms with Crippen LogP contribution in [0.4, 0.5) is 8.78 Å². The van der Waals surface area contributed by atoms with Gasteiger partial charge < -0.3 is 4.74 Å². The highest BCUT2D eigenvalue weighted by Gasteiger charge is 2.62. The van der Waals surface area contributed by atoms with E-state index in [1.807, 2.05) is 42.5 Å². The van der Waals surface area contributed by atoms with Crippen molar-refractivity contribution < 1.29 is 18.3 Å². The third kappa shape index (κ3) is 4.38. The summed E-state index contributed by atoms with van der Waals surface area (Å²) >= 11 is 0. The largest absolute Gasteiger partial charge is 0.453 e. The van der Waals surface area contributed by atoms with Gasteiger partial charge >= 0.3 is 5.97 Å². The summed E-state index contributed by atoms with van der Waals surface area (Å²) in [6.07, 6.45) is 0.817. The average molecular weight is 382 g/mol. The molecule has 1 saturated carbocycles. The number of rotatable bonds is 7. The molecule has 28 heavy (non-hydrogen) atoms. The van der Waals surface area contributed by atoms with Gasteiger partial charge in [-0.2, -0.15) is 8.78 Å². The molecule has 1 fully saturated rings. The molecule has 0 aromatic heterocycles. The number of halogens is 2. The van der Waals surface area contributed by atoms with Crippen molar-refractivity contribution in [3.05, 3.63) is 96.1 Å². The van der Waals surface area contributed by atoms with E-state index in [-0.39, 0.29) is 0 Å². The highest BCUT2D eigenvalue weighted by Crippen LogP contribution is 2.60. The van der Waals surface area contributed by atoms with E-state index < -0.39 is 35.4 Å². The van der Waals surface area contributed by atoms with Crippen LogP contribution in [0.15, 0.2) is 79.4 Å². The van der Waals surface area contributed by atoms with Crippen LogP contribution in [0.3, 0.4) is 0 Å². The fraction of sp³-hybridized carbons (Fsp3) is 0.292. The first-order chi connectivity index (χ1) is 13.3. The van der Waals surface area contributed by atoms with Gasteiger partial charge in [0.05, 0.1) is 5.92 Å². The Morgan fingerprint density at radius 2 is 1.82 bits per heavy atom. The van der Waals surface area contributed by atoms with E-state index in [0.29, 0.717) is 0 Å². The third-order valence-electron chi connectivity index (χ3n) is 5.46. The summed E-state index contributed by atoms with van der Waals surface area (Å²) in [7, 11) is 0. The monoisotopic (exact) mass is 382 g/mol. The highest BCUT2D eigenvalue weighted by atomic mass is 19.3. The van der Waals surface area contributed by atoms with Gasteiger partial charge in [-0.15, -0.1) is 0 Å². The van der Waals surface area contributed by atoms with E-state index in [1.54, 1.807) is 19.9 Å². The van der Waals surface area contributed by atoms with Crippen molar-refractivity contribution in [3.63, 3.8) is 0 Å². The van der Waals surface area contributed by atoms with Crippen LogP contribution < -0.4 is 0 Å². The van der Waals surface area contributed by atoms with Gasteiger partial charge in [0, 0.05) is 5.92 Å². The van der Waals surface area contributed by atoms with Crippen LogP contribution in [0.25, 0.3) is 0 Å². The predicted molar refractivity (Wildman–Crippen MR) is 106 cm³/mol. The summed E-state index contributed by atoms with van der Waals surface area (Å²) in [5.74, 6) is -1.53. The molecular formula is C24H24F2O2. The number of carbonyl (C=O) groups excluding carboxylic acids is 1. The van der Waals surface area contributed by atoms with E-state index in [1.165, 1.54) is 5.56 Å². The molecule has 2 aromatic rings. The predicted octanol–water partition coefficient (Wildman–Crippen LogP) is 6.10. The van der Waals surface area contributed by atoms with Gasteiger partial charge in [0.1, 0.15) is 6.10 Å². The Morgan fingerprint density at radius 1 is 1.14 bits per heavy atom. The molecule has 2 nitrogen and oxygen atoms in total. The first-order valence-electron chi connectivity index (χ1n) is 9.31. The lowest BCUT2D eigenvalue weighted by atomic mass is 10.0. The summed E-state index contributed by atoms with van der Waals surface area (Å²) in [4.78, 5) is 12.6. The molecule has 0 spiro atoms. The fourth-order valence-electron chi connectivity index (χ4n) is 3.74. The Bertz CT molecular complexity index is 882. The van der Waals surface area contributed by atoms with Crippen LogP contribution in [0.2, 0.25) is 0 Å². The maximum absolute atomic E-state index is 12.6. The minimum Gasteiger partial charge on any atom is -0.453 e. The van der Waals surface area contributed by atoms with Crippen LogP contribution in [0, 0.1) is 17.3 Å². The van der Waals surface area contributed by atoms with E-state index in [2.05, 4.69) is 18.7 Å². The van der Waals surface area contributed by atoms with Crippen molar-refractivity contribution in [1.82, 2.24) is 0 Å². The molecule has 3 rings (SSSR count). The number of hydrogen-bond acceptors (Lipinski definition) is 2. The number of carbonyl (C=O) groups is 1. The number of esters is 1.